The molecule has 1 aromatic carbocycles. The summed E-state index contributed by atoms with van der Waals surface area (Å²) in [5, 5.41) is 76.0. The maximum atomic E-state index is 13.0. The molecule has 7 N–H and O–H groups in total. The van der Waals surface area contributed by atoms with Gasteiger partial charge in [0.2, 0.25) is 11.4 Å². The Morgan fingerprint density at radius 1 is 0.845 bits per heavy atom. The van der Waals surface area contributed by atoms with Gasteiger partial charge < -0.3 is 45.6 Å². The van der Waals surface area contributed by atoms with Gasteiger partial charge in [-0.05, 0) is 42.1 Å². The molecule has 0 radical (unpaired) electrons. The molecule has 0 unspecified atom stereocenters. The number of ether oxygens (including phenoxy) is 2. The van der Waals surface area contributed by atoms with Crippen LogP contribution in [0.1, 0.15) is 148 Å². The van der Waals surface area contributed by atoms with Crippen molar-refractivity contribution in [1.82, 2.24) is 15.6 Å². The zero-order valence-electron chi connectivity index (χ0n) is 34.6. The monoisotopic (exact) mass is 822 g/mol. The number of hydrogen-bond acceptors (Lipinski definition) is 14. The topological polar surface area (TPSA) is 243 Å². The molecule has 1 saturated heterocycles. The predicted octanol–water partition coefficient (Wildman–Crippen LogP) is 6.36. The number of benzene rings is 1. The van der Waals surface area contributed by atoms with Crippen molar-refractivity contribution in [2.75, 3.05) is 25.1 Å². The number of carbonyl (C=O) groups is 1. The van der Waals surface area contributed by atoms with Crippen molar-refractivity contribution < 1.29 is 49.4 Å². The fourth-order valence-electron chi connectivity index (χ4n) is 7.22. The van der Waals surface area contributed by atoms with Crippen LogP contribution in [0, 0.1) is 10.1 Å². The number of rotatable bonds is 33. The van der Waals surface area contributed by atoms with Crippen molar-refractivity contribution in [3.8, 4) is 0 Å². The molecule has 0 saturated carbocycles. The van der Waals surface area contributed by atoms with Gasteiger partial charge in [-0.3, -0.25) is 14.9 Å². The van der Waals surface area contributed by atoms with E-state index in [2.05, 4.69) is 27.9 Å². The van der Waals surface area contributed by atoms with Crippen molar-refractivity contribution in [2.45, 2.75) is 191 Å². The minimum absolute atomic E-state index is 0.131. The van der Waals surface area contributed by atoms with Crippen LogP contribution < -0.4 is 10.6 Å². The number of nitro benzene ring substituents is 1. The first kappa shape index (κ1) is 49.1. The highest BCUT2D eigenvalue weighted by atomic mass is 16.7. The molecular weight excluding hydrogens is 750 g/mol. The molecule has 16 nitrogen and oxygen atoms in total. The molecule has 0 spiro atoms. The largest absolute Gasteiger partial charge is 0.394 e. The van der Waals surface area contributed by atoms with Gasteiger partial charge in [0, 0.05) is 19.0 Å². The van der Waals surface area contributed by atoms with E-state index in [4.69, 9.17) is 14.1 Å². The number of nitro groups is 1. The lowest BCUT2D eigenvalue weighted by Crippen LogP contribution is -2.60. The standard InChI is InChI=1S/C42H71N5O11/c1-2-3-4-5-6-7-8-9-10-12-15-18-21-24-34(49)32(30-56-42-41(53)40(52)39(51)35(29-48)57-42)44-36(50)25-22-19-16-13-11-14-17-20-23-28-43-31-26-27-33(47(54)55)38-37(31)45-58-46-38/h21,24,26-27,32,34-35,39-43,48-49,51-53H,2-20,22-23,25,28-30H2,1H3,(H,44,50)/t32-,34+,35+,39-,40-,41+,42+/m0/s1. The summed E-state index contributed by atoms with van der Waals surface area (Å²) >= 11 is 0. The lowest BCUT2D eigenvalue weighted by molar-refractivity contribution is -0.383. The molecule has 58 heavy (non-hydrogen) atoms. The Bertz CT molecular complexity index is 1440. The van der Waals surface area contributed by atoms with E-state index >= 15 is 0 Å². The van der Waals surface area contributed by atoms with Crippen molar-refractivity contribution in [1.29, 1.82) is 0 Å². The molecular formula is C42H71N5O11. The highest BCUT2D eigenvalue weighted by Gasteiger charge is 2.44. The molecule has 0 bridgehead atoms. The minimum atomic E-state index is -1.59. The lowest BCUT2D eigenvalue weighted by atomic mass is 9.99. The highest BCUT2D eigenvalue weighted by Crippen LogP contribution is 2.29. The fraction of sp³-hybridized carbons (Fsp3) is 0.786. The lowest BCUT2D eigenvalue weighted by Gasteiger charge is -2.40. The van der Waals surface area contributed by atoms with Crippen LogP contribution in [0.3, 0.4) is 0 Å². The molecule has 1 fully saturated rings. The molecule has 7 atom stereocenters. The average molecular weight is 822 g/mol. The number of anilines is 1. The summed E-state index contributed by atoms with van der Waals surface area (Å²) in [5.74, 6) is -0.233. The van der Waals surface area contributed by atoms with Crippen LogP contribution in [0.4, 0.5) is 11.4 Å². The molecule has 16 heteroatoms. The van der Waals surface area contributed by atoms with Gasteiger partial charge >= 0.3 is 5.69 Å². The Morgan fingerprint density at radius 3 is 2.05 bits per heavy atom. The second-order valence-corrected chi connectivity index (χ2v) is 15.7. The number of aromatic nitrogens is 2. The summed E-state index contributed by atoms with van der Waals surface area (Å²) in [6, 6.07) is 2.17. The van der Waals surface area contributed by atoms with Gasteiger partial charge in [0.1, 0.15) is 24.4 Å². The number of nitrogens with one attached hydrogen (secondary N) is 2. The number of hydrogen-bond donors (Lipinski definition) is 7. The third-order valence-corrected chi connectivity index (χ3v) is 10.8. The predicted molar refractivity (Wildman–Crippen MR) is 221 cm³/mol. The van der Waals surface area contributed by atoms with Crippen LogP contribution in [-0.4, -0.2) is 109 Å². The minimum Gasteiger partial charge on any atom is -0.394 e. The van der Waals surface area contributed by atoms with Crippen LogP contribution >= 0.6 is 0 Å². The van der Waals surface area contributed by atoms with Gasteiger partial charge in [-0.25, -0.2) is 4.63 Å². The maximum absolute atomic E-state index is 13.0. The van der Waals surface area contributed by atoms with E-state index < -0.39 is 54.4 Å². The second-order valence-electron chi connectivity index (χ2n) is 15.7. The van der Waals surface area contributed by atoms with E-state index in [1.807, 2.05) is 6.08 Å². The zero-order valence-corrected chi connectivity index (χ0v) is 34.6. The molecule has 0 aliphatic carbocycles. The Kier molecular flexibility index (Phi) is 24.6. The number of fused-ring (bicyclic) bond motifs is 1. The van der Waals surface area contributed by atoms with Gasteiger partial charge in [-0.1, -0.05) is 128 Å². The molecule has 1 aliphatic heterocycles. The maximum Gasteiger partial charge on any atom is 0.300 e. The van der Waals surface area contributed by atoms with Crippen LogP contribution in [0.15, 0.2) is 28.9 Å². The first-order valence-electron chi connectivity index (χ1n) is 21.9. The van der Waals surface area contributed by atoms with Crippen LogP contribution in [0.5, 0.6) is 0 Å². The van der Waals surface area contributed by atoms with Gasteiger partial charge in [0.25, 0.3) is 0 Å². The molecule has 1 aromatic heterocycles. The first-order chi connectivity index (χ1) is 28.2. The van der Waals surface area contributed by atoms with E-state index in [1.165, 1.54) is 63.9 Å². The van der Waals surface area contributed by atoms with Crippen LogP contribution in [0.25, 0.3) is 11.0 Å². The van der Waals surface area contributed by atoms with Crippen molar-refractivity contribution in [3.05, 3.63) is 34.4 Å². The number of aliphatic hydroxyl groups excluding tert-OH is 5. The quantitative estimate of drug-likeness (QED) is 0.0179. The number of carbonyl (C=O) groups excluding carboxylic acids is 1. The molecule has 3 rings (SSSR count). The van der Waals surface area contributed by atoms with E-state index in [0.29, 0.717) is 24.2 Å². The summed E-state index contributed by atoms with van der Waals surface area (Å²) in [4.78, 5) is 23.6. The normalized spacial score (nSPS) is 20.8. The second kappa shape index (κ2) is 29.1. The molecule has 2 aromatic rings. The Balaban J connectivity index is 1.30. The van der Waals surface area contributed by atoms with Gasteiger partial charge in [-0.2, -0.15) is 0 Å². The third kappa shape index (κ3) is 17.9. The molecule has 2 heterocycles. The Hall–Kier alpha value is -3.25. The summed E-state index contributed by atoms with van der Waals surface area (Å²) in [5.41, 5.74) is 0.999. The molecule has 1 aliphatic rings. The smallest absolute Gasteiger partial charge is 0.300 e. The number of nitrogens with zero attached hydrogens (tertiary/aromatic N) is 3. The van der Waals surface area contributed by atoms with E-state index in [-0.39, 0.29) is 30.1 Å². The van der Waals surface area contributed by atoms with Crippen LogP contribution in [-0.2, 0) is 14.3 Å². The number of unbranched alkanes of at least 4 members (excludes halogenated alkanes) is 19. The third-order valence-electron chi connectivity index (χ3n) is 10.8. The first-order valence-corrected chi connectivity index (χ1v) is 21.9. The fourth-order valence-corrected chi connectivity index (χ4v) is 7.22. The van der Waals surface area contributed by atoms with E-state index in [1.54, 1.807) is 12.1 Å². The van der Waals surface area contributed by atoms with Crippen molar-refractivity contribution in [3.63, 3.8) is 0 Å². The number of non-ortho nitro benzene ring substituents is 1. The number of amides is 1. The highest BCUT2D eigenvalue weighted by molar-refractivity contribution is 5.93. The summed E-state index contributed by atoms with van der Waals surface area (Å²) < 4.78 is 15.9. The van der Waals surface area contributed by atoms with Crippen molar-refractivity contribution >= 4 is 28.3 Å². The molecule has 1 amide bonds. The average Bonchev–Trinajstić information content (AvgIpc) is 3.71. The van der Waals surface area contributed by atoms with E-state index in [9.17, 15) is 40.4 Å². The zero-order chi connectivity index (χ0) is 42.0. The van der Waals surface area contributed by atoms with E-state index in [0.717, 1.165) is 70.6 Å². The van der Waals surface area contributed by atoms with Gasteiger partial charge in [0.15, 0.2) is 11.8 Å². The Labute approximate surface area is 343 Å². The molecule has 330 valence electrons. The summed E-state index contributed by atoms with van der Waals surface area (Å²) in [7, 11) is 0. The van der Waals surface area contributed by atoms with Crippen LogP contribution in [0.2, 0.25) is 0 Å². The van der Waals surface area contributed by atoms with Gasteiger partial charge in [0.05, 0.1) is 36.0 Å². The Morgan fingerprint density at radius 2 is 1.43 bits per heavy atom. The number of allylic oxidation sites excluding steroid dienone is 1. The summed E-state index contributed by atoms with van der Waals surface area (Å²) in [6.07, 6.45) is 19.1. The SMILES string of the molecule is CCCCCCCCCCCCCC=C[C@@H](O)[C@H](CO[C@@H]1O[C@H](CO)[C@H](O)[C@H](O)[C@H]1O)NC(=O)CCCCCCCCCCCNc1ccc([N+](=O)[O-])c2nonc12. The summed E-state index contributed by atoms with van der Waals surface area (Å²) in [6.45, 7) is 2.12. The number of aliphatic hydroxyl groups is 5. The van der Waals surface area contributed by atoms with Crippen molar-refractivity contribution in [2.24, 2.45) is 0 Å². The van der Waals surface area contributed by atoms with Gasteiger partial charge in [-0.15, -0.1) is 0 Å².